The summed E-state index contributed by atoms with van der Waals surface area (Å²) in [4.78, 5) is 23.5. The normalized spacial score (nSPS) is 10.1. The van der Waals surface area contributed by atoms with Crippen LogP contribution in [0.4, 0.5) is 0 Å². The first-order valence-electron chi connectivity index (χ1n) is 6.69. The third-order valence-electron chi connectivity index (χ3n) is 2.84. The van der Waals surface area contributed by atoms with Gasteiger partial charge in [-0.1, -0.05) is 12.5 Å². The molecule has 0 saturated heterocycles. The van der Waals surface area contributed by atoms with E-state index in [-0.39, 0.29) is 11.9 Å². The SMILES string of the molecule is CNC(=O)c1cccc(SCCCCCC(=O)OC)c1. The number of hydrogen-bond donors (Lipinski definition) is 1. The van der Waals surface area contributed by atoms with Gasteiger partial charge in [0.25, 0.3) is 5.91 Å². The maximum Gasteiger partial charge on any atom is 0.305 e. The average molecular weight is 295 g/mol. The van der Waals surface area contributed by atoms with Crippen molar-refractivity contribution in [3.8, 4) is 0 Å². The summed E-state index contributed by atoms with van der Waals surface area (Å²) in [7, 11) is 3.04. The second kappa shape index (κ2) is 9.42. The summed E-state index contributed by atoms with van der Waals surface area (Å²) in [6.45, 7) is 0. The number of nitrogens with one attached hydrogen (secondary N) is 1. The maximum atomic E-state index is 11.5. The van der Waals surface area contributed by atoms with Crippen LogP contribution in [-0.4, -0.2) is 31.8 Å². The van der Waals surface area contributed by atoms with Crippen LogP contribution in [0.15, 0.2) is 29.2 Å². The number of thioether (sulfide) groups is 1. The van der Waals surface area contributed by atoms with Crippen LogP contribution >= 0.6 is 11.8 Å². The maximum absolute atomic E-state index is 11.5. The molecule has 20 heavy (non-hydrogen) atoms. The molecule has 5 heteroatoms. The standard InChI is InChI=1S/C15H21NO3S/c1-16-15(18)12-7-6-8-13(11-12)20-10-5-3-4-9-14(17)19-2/h6-8,11H,3-5,9-10H2,1-2H3,(H,16,18). The highest BCUT2D eigenvalue weighted by Crippen LogP contribution is 2.21. The van der Waals surface area contributed by atoms with Crippen LogP contribution in [0.3, 0.4) is 0 Å². The Labute approximate surface area is 124 Å². The predicted octanol–water partition coefficient (Wildman–Crippen LogP) is 2.87. The minimum atomic E-state index is -0.143. The fourth-order valence-corrected chi connectivity index (χ4v) is 2.68. The van der Waals surface area contributed by atoms with Crippen LogP contribution in [0.1, 0.15) is 36.0 Å². The molecule has 1 amide bonds. The van der Waals surface area contributed by atoms with Gasteiger partial charge in [0.05, 0.1) is 7.11 Å². The monoisotopic (exact) mass is 295 g/mol. The fraction of sp³-hybridized carbons (Fsp3) is 0.467. The summed E-state index contributed by atoms with van der Waals surface area (Å²) >= 11 is 1.73. The van der Waals surface area contributed by atoms with Gasteiger partial charge in [-0.05, 0) is 36.8 Å². The highest BCUT2D eigenvalue weighted by atomic mass is 32.2. The lowest BCUT2D eigenvalue weighted by Gasteiger charge is -2.04. The zero-order valence-electron chi connectivity index (χ0n) is 12.0. The summed E-state index contributed by atoms with van der Waals surface area (Å²) < 4.78 is 4.59. The Balaban J connectivity index is 2.25. The molecule has 1 aromatic carbocycles. The number of carbonyl (C=O) groups is 2. The van der Waals surface area contributed by atoms with Gasteiger partial charge in [0, 0.05) is 23.9 Å². The molecule has 0 aliphatic heterocycles. The zero-order chi connectivity index (χ0) is 14.8. The highest BCUT2D eigenvalue weighted by molar-refractivity contribution is 7.99. The predicted molar refractivity (Wildman–Crippen MR) is 81.0 cm³/mol. The number of methoxy groups -OCH3 is 1. The van der Waals surface area contributed by atoms with Crippen LogP contribution in [0, 0.1) is 0 Å². The van der Waals surface area contributed by atoms with E-state index in [4.69, 9.17) is 0 Å². The van der Waals surface area contributed by atoms with Crippen molar-refractivity contribution in [1.82, 2.24) is 5.32 Å². The first kappa shape index (κ1) is 16.6. The molecule has 0 aromatic heterocycles. The van der Waals surface area contributed by atoms with Crippen molar-refractivity contribution in [2.75, 3.05) is 19.9 Å². The molecule has 110 valence electrons. The topological polar surface area (TPSA) is 55.4 Å². The Morgan fingerprint density at radius 1 is 1.25 bits per heavy atom. The second-order valence-electron chi connectivity index (χ2n) is 4.34. The Kier molecular flexibility index (Phi) is 7.80. The molecule has 4 nitrogen and oxygen atoms in total. The van der Waals surface area contributed by atoms with Crippen molar-refractivity contribution >= 4 is 23.6 Å². The number of ether oxygens (including phenoxy) is 1. The average Bonchev–Trinajstić information content (AvgIpc) is 2.49. The van der Waals surface area contributed by atoms with E-state index in [1.807, 2.05) is 18.2 Å². The molecule has 0 aliphatic rings. The lowest BCUT2D eigenvalue weighted by Crippen LogP contribution is -2.17. The van der Waals surface area contributed by atoms with Crippen molar-refractivity contribution in [3.63, 3.8) is 0 Å². The van der Waals surface area contributed by atoms with E-state index in [0.29, 0.717) is 12.0 Å². The minimum Gasteiger partial charge on any atom is -0.469 e. The van der Waals surface area contributed by atoms with Gasteiger partial charge in [-0.15, -0.1) is 11.8 Å². The van der Waals surface area contributed by atoms with Crippen LogP contribution in [-0.2, 0) is 9.53 Å². The van der Waals surface area contributed by atoms with E-state index >= 15 is 0 Å². The van der Waals surface area contributed by atoms with Crippen molar-refractivity contribution in [2.45, 2.75) is 30.6 Å². The number of esters is 1. The van der Waals surface area contributed by atoms with E-state index in [9.17, 15) is 9.59 Å². The van der Waals surface area contributed by atoms with Gasteiger partial charge in [-0.3, -0.25) is 9.59 Å². The largest absolute Gasteiger partial charge is 0.469 e. The van der Waals surface area contributed by atoms with Gasteiger partial charge in [0.15, 0.2) is 0 Å². The number of unbranched alkanes of at least 4 members (excludes halogenated alkanes) is 2. The van der Waals surface area contributed by atoms with Gasteiger partial charge < -0.3 is 10.1 Å². The smallest absolute Gasteiger partial charge is 0.305 e. The van der Waals surface area contributed by atoms with Gasteiger partial charge in [-0.2, -0.15) is 0 Å². The lowest BCUT2D eigenvalue weighted by atomic mass is 10.2. The van der Waals surface area contributed by atoms with Crippen molar-refractivity contribution in [3.05, 3.63) is 29.8 Å². The first-order valence-corrected chi connectivity index (χ1v) is 7.67. The van der Waals surface area contributed by atoms with Crippen LogP contribution < -0.4 is 5.32 Å². The van der Waals surface area contributed by atoms with Crippen LogP contribution in [0.5, 0.6) is 0 Å². The number of rotatable bonds is 8. The molecule has 0 spiro atoms. The molecule has 0 heterocycles. The summed E-state index contributed by atoms with van der Waals surface area (Å²) in [5.74, 6) is 0.778. The van der Waals surface area contributed by atoms with Crippen LogP contribution in [0.2, 0.25) is 0 Å². The molecular weight excluding hydrogens is 274 g/mol. The Bertz CT molecular complexity index is 448. The van der Waals surface area contributed by atoms with Crippen molar-refractivity contribution < 1.29 is 14.3 Å². The number of carbonyl (C=O) groups excluding carboxylic acids is 2. The molecule has 1 aromatic rings. The molecule has 0 unspecified atom stereocenters. The molecule has 1 rings (SSSR count). The Hall–Kier alpha value is -1.49. The van der Waals surface area contributed by atoms with E-state index in [2.05, 4.69) is 10.1 Å². The van der Waals surface area contributed by atoms with Crippen molar-refractivity contribution in [2.24, 2.45) is 0 Å². The molecule has 0 saturated carbocycles. The van der Waals surface area contributed by atoms with Crippen molar-refractivity contribution in [1.29, 1.82) is 0 Å². The van der Waals surface area contributed by atoms with E-state index in [1.54, 1.807) is 24.9 Å². The van der Waals surface area contributed by atoms with Gasteiger partial charge >= 0.3 is 5.97 Å². The number of amides is 1. The summed E-state index contributed by atoms with van der Waals surface area (Å²) in [6.07, 6.45) is 3.42. The lowest BCUT2D eigenvalue weighted by molar-refractivity contribution is -0.140. The third kappa shape index (κ3) is 6.10. The molecular formula is C15H21NO3S. The molecule has 0 fully saturated rings. The quantitative estimate of drug-likeness (QED) is 0.455. The summed E-state index contributed by atoms with van der Waals surface area (Å²) in [6, 6.07) is 7.60. The van der Waals surface area contributed by atoms with Gasteiger partial charge in [-0.25, -0.2) is 0 Å². The van der Waals surface area contributed by atoms with E-state index < -0.39 is 0 Å². The van der Waals surface area contributed by atoms with Gasteiger partial charge in [0.1, 0.15) is 0 Å². The highest BCUT2D eigenvalue weighted by Gasteiger charge is 2.04. The molecule has 0 atom stereocenters. The number of hydrogen-bond acceptors (Lipinski definition) is 4. The van der Waals surface area contributed by atoms with Crippen LogP contribution in [0.25, 0.3) is 0 Å². The Morgan fingerprint density at radius 3 is 2.75 bits per heavy atom. The minimum absolute atomic E-state index is 0.0643. The fourth-order valence-electron chi connectivity index (χ4n) is 1.71. The molecule has 0 radical (unpaired) electrons. The zero-order valence-corrected chi connectivity index (χ0v) is 12.8. The molecule has 1 N–H and O–H groups in total. The van der Waals surface area contributed by atoms with E-state index in [1.165, 1.54) is 7.11 Å². The second-order valence-corrected chi connectivity index (χ2v) is 5.51. The molecule has 0 aliphatic carbocycles. The summed E-state index contributed by atoms with van der Waals surface area (Å²) in [5.41, 5.74) is 0.684. The molecule has 0 bridgehead atoms. The number of benzene rings is 1. The van der Waals surface area contributed by atoms with Gasteiger partial charge in [0.2, 0.25) is 0 Å². The first-order chi connectivity index (χ1) is 9.67. The summed E-state index contributed by atoms with van der Waals surface area (Å²) in [5, 5.41) is 2.62. The third-order valence-corrected chi connectivity index (χ3v) is 3.92. The Morgan fingerprint density at radius 2 is 2.05 bits per heavy atom. The van der Waals surface area contributed by atoms with E-state index in [0.717, 1.165) is 29.9 Å².